The molecule has 3 heterocycles. The van der Waals surface area contributed by atoms with E-state index < -0.39 is 23.3 Å². The summed E-state index contributed by atoms with van der Waals surface area (Å²) in [6.45, 7) is 0.133. The molecular formula is C27H19FN4O3. The Labute approximate surface area is 199 Å². The highest BCUT2D eigenvalue weighted by Gasteiger charge is 2.50. The lowest BCUT2D eigenvalue weighted by Gasteiger charge is -2.31. The Hall–Kier alpha value is -4.59. The van der Waals surface area contributed by atoms with Gasteiger partial charge in [0.25, 0.3) is 11.8 Å². The minimum absolute atomic E-state index is 0.0884. The third-order valence-electron chi connectivity index (χ3n) is 6.64. The van der Waals surface area contributed by atoms with Gasteiger partial charge in [-0.15, -0.1) is 0 Å². The second-order valence-electron chi connectivity index (χ2n) is 8.73. The van der Waals surface area contributed by atoms with E-state index in [-0.39, 0.29) is 24.6 Å². The largest absolute Gasteiger partial charge is 0.331 e. The Bertz CT molecular complexity index is 1530. The average molecular weight is 466 g/mol. The average Bonchev–Trinajstić information content (AvgIpc) is 3.33. The lowest BCUT2D eigenvalue weighted by atomic mass is 9.87. The van der Waals surface area contributed by atoms with Crippen LogP contribution in [-0.2, 0) is 16.9 Å². The number of nitrogens with one attached hydrogen (secondary N) is 2. The standard InChI is InChI=1S/C27H19FN4O3/c28-20-11-8-18-14-32(24(33)22(18)13-20)15-27(25(34)30-26(35)31-27)19-9-6-16(7-10-19)21-5-1-3-17-4-2-12-29-23(17)21/h1-13H,14-15H2,(H2,30,31,34,35)/t27-/m1/s1. The normalized spacial score (nSPS) is 19.1. The van der Waals surface area contributed by atoms with Crippen molar-refractivity contribution in [3.8, 4) is 11.1 Å². The first kappa shape index (κ1) is 21.0. The summed E-state index contributed by atoms with van der Waals surface area (Å²) in [5.74, 6) is -1.43. The number of hydrogen-bond acceptors (Lipinski definition) is 4. The Balaban J connectivity index is 1.37. The maximum Gasteiger partial charge on any atom is 0.322 e. The predicted octanol–water partition coefficient (Wildman–Crippen LogP) is 3.73. The summed E-state index contributed by atoms with van der Waals surface area (Å²) in [6.07, 6.45) is 1.74. The van der Waals surface area contributed by atoms with Crippen molar-refractivity contribution in [2.75, 3.05) is 6.54 Å². The maximum absolute atomic E-state index is 13.7. The summed E-state index contributed by atoms with van der Waals surface area (Å²) in [5, 5.41) is 6.04. The highest BCUT2D eigenvalue weighted by molar-refractivity contribution is 6.08. The molecule has 2 aliphatic rings. The molecule has 4 aromatic rings. The number of amides is 4. The number of imide groups is 1. The zero-order chi connectivity index (χ0) is 24.2. The summed E-state index contributed by atoms with van der Waals surface area (Å²) < 4.78 is 13.7. The third-order valence-corrected chi connectivity index (χ3v) is 6.64. The summed E-state index contributed by atoms with van der Waals surface area (Å²) >= 11 is 0. The summed E-state index contributed by atoms with van der Waals surface area (Å²) in [7, 11) is 0. The molecule has 2 N–H and O–H groups in total. The molecule has 0 radical (unpaired) electrons. The number of aromatic nitrogens is 1. The van der Waals surface area contributed by atoms with E-state index in [4.69, 9.17) is 0 Å². The molecule has 35 heavy (non-hydrogen) atoms. The Morgan fingerprint density at radius 3 is 2.51 bits per heavy atom. The van der Waals surface area contributed by atoms with Gasteiger partial charge < -0.3 is 10.2 Å². The number of para-hydroxylation sites is 1. The van der Waals surface area contributed by atoms with Crippen LogP contribution in [0.15, 0.2) is 79.0 Å². The first-order chi connectivity index (χ1) is 16.9. The molecule has 172 valence electrons. The molecule has 1 fully saturated rings. The fourth-order valence-electron chi connectivity index (χ4n) is 4.92. The fraction of sp³-hybridized carbons (Fsp3) is 0.111. The number of fused-ring (bicyclic) bond motifs is 2. The molecule has 1 atom stereocenters. The van der Waals surface area contributed by atoms with Gasteiger partial charge in [0.15, 0.2) is 5.54 Å². The molecule has 8 heteroatoms. The number of halogens is 1. The number of carbonyl (C=O) groups excluding carboxylic acids is 3. The zero-order valence-corrected chi connectivity index (χ0v) is 18.4. The lowest BCUT2D eigenvalue weighted by Crippen LogP contribution is -2.52. The van der Waals surface area contributed by atoms with Crippen LogP contribution in [0.5, 0.6) is 0 Å². The van der Waals surface area contributed by atoms with Gasteiger partial charge in [0.05, 0.1) is 12.1 Å². The van der Waals surface area contributed by atoms with E-state index in [1.807, 2.05) is 42.5 Å². The lowest BCUT2D eigenvalue weighted by molar-refractivity contribution is -0.124. The molecule has 0 saturated carbocycles. The Kier molecular flexibility index (Phi) is 4.63. The minimum atomic E-state index is -1.47. The van der Waals surface area contributed by atoms with E-state index in [0.29, 0.717) is 11.1 Å². The van der Waals surface area contributed by atoms with E-state index >= 15 is 0 Å². The van der Waals surface area contributed by atoms with Gasteiger partial charge in [0, 0.05) is 29.3 Å². The Morgan fingerprint density at radius 2 is 1.74 bits per heavy atom. The van der Waals surface area contributed by atoms with Crippen molar-refractivity contribution in [3.63, 3.8) is 0 Å². The Morgan fingerprint density at radius 1 is 0.943 bits per heavy atom. The number of rotatable bonds is 4. The summed E-state index contributed by atoms with van der Waals surface area (Å²) in [4.78, 5) is 44.2. The highest BCUT2D eigenvalue weighted by atomic mass is 19.1. The number of benzene rings is 3. The number of pyridine rings is 1. The van der Waals surface area contributed by atoms with Gasteiger partial charge in [-0.3, -0.25) is 19.9 Å². The molecule has 0 spiro atoms. The molecule has 2 aliphatic heterocycles. The van der Waals surface area contributed by atoms with Gasteiger partial charge in [0.1, 0.15) is 5.82 Å². The third kappa shape index (κ3) is 3.33. The van der Waals surface area contributed by atoms with Gasteiger partial charge in [-0.2, -0.15) is 0 Å². The SMILES string of the molecule is O=C1NC(=O)[C@@](CN2Cc3ccc(F)cc3C2=O)(c2ccc(-c3cccc4cccnc34)cc2)N1. The molecule has 0 aliphatic carbocycles. The van der Waals surface area contributed by atoms with Gasteiger partial charge in [-0.05, 0) is 34.9 Å². The van der Waals surface area contributed by atoms with E-state index in [0.717, 1.165) is 22.0 Å². The van der Waals surface area contributed by atoms with Crippen molar-refractivity contribution in [1.29, 1.82) is 0 Å². The molecule has 3 aromatic carbocycles. The fourth-order valence-corrected chi connectivity index (χ4v) is 4.92. The van der Waals surface area contributed by atoms with Crippen molar-refractivity contribution in [2.24, 2.45) is 0 Å². The quantitative estimate of drug-likeness (QED) is 0.449. The molecule has 6 rings (SSSR count). The van der Waals surface area contributed by atoms with Crippen molar-refractivity contribution < 1.29 is 18.8 Å². The van der Waals surface area contributed by atoms with Crippen LogP contribution in [-0.4, -0.2) is 34.3 Å². The van der Waals surface area contributed by atoms with Crippen LogP contribution in [0.4, 0.5) is 9.18 Å². The van der Waals surface area contributed by atoms with E-state index in [9.17, 15) is 18.8 Å². The van der Waals surface area contributed by atoms with Crippen molar-refractivity contribution in [1.82, 2.24) is 20.5 Å². The second-order valence-corrected chi connectivity index (χ2v) is 8.73. The molecule has 7 nitrogen and oxygen atoms in total. The maximum atomic E-state index is 13.7. The van der Waals surface area contributed by atoms with E-state index in [2.05, 4.69) is 15.6 Å². The van der Waals surface area contributed by atoms with Gasteiger partial charge in [-0.1, -0.05) is 54.6 Å². The molecule has 4 amide bonds. The van der Waals surface area contributed by atoms with Gasteiger partial charge in [-0.25, -0.2) is 9.18 Å². The van der Waals surface area contributed by atoms with E-state index in [1.54, 1.807) is 24.4 Å². The van der Waals surface area contributed by atoms with Crippen LogP contribution in [0.25, 0.3) is 22.0 Å². The van der Waals surface area contributed by atoms with Crippen molar-refractivity contribution >= 4 is 28.7 Å². The highest BCUT2D eigenvalue weighted by Crippen LogP contribution is 2.33. The van der Waals surface area contributed by atoms with Crippen LogP contribution in [0.1, 0.15) is 21.5 Å². The molecular weight excluding hydrogens is 447 g/mol. The number of hydrogen-bond donors (Lipinski definition) is 2. The molecule has 0 bridgehead atoms. The van der Waals surface area contributed by atoms with Crippen LogP contribution in [0.2, 0.25) is 0 Å². The van der Waals surface area contributed by atoms with Crippen LogP contribution < -0.4 is 10.6 Å². The first-order valence-electron chi connectivity index (χ1n) is 11.1. The van der Waals surface area contributed by atoms with Crippen LogP contribution >= 0.6 is 0 Å². The number of nitrogens with zero attached hydrogens (tertiary/aromatic N) is 2. The number of urea groups is 1. The van der Waals surface area contributed by atoms with Gasteiger partial charge in [0.2, 0.25) is 0 Å². The molecule has 1 saturated heterocycles. The smallest absolute Gasteiger partial charge is 0.322 e. The van der Waals surface area contributed by atoms with Crippen molar-refractivity contribution in [2.45, 2.75) is 12.1 Å². The second kappa shape index (κ2) is 7.73. The van der Waals surface area contributed by atoms with Gasteiger partial charge >= 0.3 is 6.03 Å². The topological polar surface area (TPSA) is 91.4 Å². The van der Waals surface area contributed by atoms with Crippen LogP contribution in [0, 0.1) is 5.82 Å². The predicted molar refractivity (Wildman–Crippen MR) is 127 cm³/mol. The monoisotopic (exact) mass is 466 g/mol. The van der Waals surface area contributed by atoms with Crippen LogP contribution in [0.3, 0.4) is 0 Å². The van der Waals surface area contributed by atoms with Crippen molar-refractivity contribution in [3.05, 3.63) is 102 Å². The molecule has 0 unspecified atom stereocenters. The molecule has 1 aromatic heterocycles. The zero-order valence-electron chi connectivity index (χ0n) is 18.4. The van der Waals surface area contributed by atoms with E-state index in [1.165, 1.54) is 17.0 Å². The number of carbonyl (C=O) groups is 3. The first-order valence-corrected chi connectivity index (χ1v) is 11.1. The minimum Gasteiger partial charge on any atom is -0.331 e. The summed E-state index contributed by atoms with van der Waals surface area (Å²) in [6, 6.07) is 20.5. The summed E-state index contributed by atoms with van der Waals surface area (Å²) in [5.41, 5.74) is 2.71.